The van der Waals surface area contributed by atoms with Crippen LogP contribution in [-0.2, 0) is 14.6 Å². The van der Waals surface area contributed by atoms with Crippen LogP contribution in [0.3, 0.4) is 0 Å². The van der Waals surface area contributed by atoms with E-state index < -0.39 is 15.4 Å². The number of nitrogens with one attached hydrogen (secondary N) is 1. The molecule has 0 aromatic heterocycles. The van der Waals surface area contributed by atoms with Gasteiger partial charge < -0.3 is 5.32 Å². The van der Waals surface area contributed by atoms with Crippen molar-refractivity contribution in [2.75, 3.05) is 11.5 Å². The third-order valence-electron chi connectivity index (χ3n) is 3.57. The molecule has 2 aliphatic rings. The molecule has 0 aromatic rings. The van der Waals surface area contributed by atoms with Gasteiger partial charge in [-0.25, -0.2) is 8.42 Å². The molecule has 1 saturated heterocycles. The molecule has 0 radical (unpaired) electrons. The third kappa shape index (κ3) is 3.09. The van der Waals surface area contributed by atoms with Crippen LogP contribution in [-0.4, -0.2) is 31.4 Å². The summed E-state index contributed by atoms with van der Waals surface area (Å²) in [6, 6.07) is 0. The van der Waals surface area contributed by atoms with Gasteiger partial charge in [0, 0.05) is 5.92 Å². The molecule has 96 valence electrons. The average Bonchev–Trinajstić information content (AvgIpc) is 2.54. The summed E-state index contributed by atoms with van der Waals surface area (Å²) in [6.07, 6.45) is 7.23. The molecular weight excluding hydrogens is 238 g/mol. The fourth-order valence-corrected chi connectivity index (χ4v) is 4.63. The lowest BCUT2D eigenvalue weighted by Crippen LogP contribution is -2.49. The molecule has 2 unspecified atom stereocenters. The van der Waals surface area contributed by atoms with Gasteiger partial charge >= 0.3 is 0 Å². The minimum atomic E-state index is -2.96. The predicted molar refractivity (Wildman–Crippen MR) is 66.3 cm³/mol. The molecule has 2 rings (SSSR count). The first-order valence-corrected chi connectivity index (χ1v) is 7.90. The van der Waals surface area contributed by atoms with Crippen LogP contribution in [0, 0.1) is 5.92 Å². The van der Waals surface area contributed by atoms with E-state index in [4.69, 9.17) is 0 Å². The van der Waals surface area contributed by atoms with E-state index in [1.807, 2.05) is 13.0 Å². The van der Waals surface area contributed by atoms with Gasteiger partial charge in [-0.15, -0.1) is 0 Å². The van der Waals surface area contributed by atoms with E-state index in [2.05, 4.69) is 11.4 Å². The second-order valence-electron chi connectivity index (χ2n) is 5.37. The van der Waals surface area contributed by atoms with Gasteiger partial charge in [-0.3, -0.25) is 4.79 Å². The van der Waals surface area contributed by atoms with Crippen LogP contribution in [0.2, 0.25) is 0 Å². The Labute approximate surface area is 102 Å². The number of amides is 1. The average molecular weight is 257 g/mol. The molecule has 1 aliphatic heterocycles. The van der Waals surface area contributed by atoms with Gasteiger partial charge in [-0.05, 0) is 32.6 Å². The Morgan fingerprint density at radius 1 is 1.41 bits per heavy atom. The molecule has 5 heteroatoms. The topological polar surface area (TPSA) is 63.2 Å². The highest BCUT2D eigenvalue weighted by Crippen LogP contribution is 2.25. The maximum absolute atomic E-state index is 12.0. The summed E-state index contributed by atoms with van der Waals surface area (Å²) in [5.41, 5.74) is -0.558. The van der Waals surface area contributed by atoms with Crippen LogP contribution in [0.15, 0.2) is 12.2 Å². The van der Waals surface area contributed by atoms with Crippen molar-refractivity contribution in [3.05, 3.63) is 12.2 Å². The number of hydrogen-bond donors (Lipinski definition) is 1. The molecule has 1 fully saturated rings. The minimum Gasteiger partial charge on any atom is -0.350 e. The number of carbonyl (C=O) groups excluding carboxylic acids is 1. The molecule has 2 atom stereocenters. The number of hydrogen-bond acceptors (Lipinski definition) is 3. The molecule has 0 spiro atoms. The van der Waals surface area contributed by atoms with Crippen LogP contribution in [0.5, 0.6) is 0 Å². The number of rotatable bonds is 2. The van der Waals surface area contributed by atoms with Crippen molar-refractivity contribution in [3.63, 3.8) is 0 Å². The Kier molecular flexibility index (Phi) is 3.30. The standard InChI is InChI=1S/C12H19NO3S/c1-12(7-8-17(15,16)9-12)13-11(14)10-5-3-2-4-6-10/h2-3,10H,4-9H2,1H3,(H,13,14). The van der Waals surface area contributed by atoms with E-state index in [1.165, 1.54) is 0 Å². The van der Waals surface area contributed by atoms with Crippen LogP contribution >= 0.6 is 0 Å². The van der Waals surface area contributed by atoms with Crippen LogP contribution in [0.4, 0.5) is 0 Å². The Morgan fingerprint density at radius 3 is 2.71 bits per heavy atom. The molecule has 1 heterocycles. The molecule has 1 amide bonds. The molecule has 4 nitrogen and oxygen atoms in total. The summed E-state index contributed by atoms with van der Waals surface area (Å²) >= 11 is 0. The van der Waals surface area contributed by atoms with Crippen molar-refractivity contribution in [2.24, 2.45) is 5.92 Å². The lowest BCUT2D eigenvalue weighted by Gasteiger charge is -2.27. The van der Waals surface area contributed by atoms with Gasteiger partial charge in [0.1, 0.15) is 0 Å². The van der Waals surface area contributed by atoms with E-state index in [0.717, 1.165) is 19.3 Å². The minimum absolute atomic E-state index is 0.00829. The first kappa shape index (κ1) is 12.6. The lowest BCUT2D eigenvalue weighted by atomic mass is 9.92. The monoisotopic (exact) mass is 257 g/mol. The van der Waals surface area contributed by atoms with E-state index in [-0.39, 0.29) is 23.3 Å². The van der Waals surface area contributed by atoms with Crippen molar-refractivity contribution >= 4 is 15.7 Å². The summed E-state index contributed by atoms with van der Waals surface area (Å²) in [5, 5.41) is 2.93. The predicted octanol–water partition coefficient (Wildman–Crippen LogP) is 1.04. The zero-order valence-corrected chi connectivity index (χ0v) is 10.9. The summed E-state index contributed by atoms with van der Waals surface area (Å²) in [5.74, 6) is 0.289. The summed E-state index contributed by atoms with van der Waals surface area (Å²) in [4.78, 5) is 12.0. The Bertz CT molecular complexity index is 441. The molecule has 0 bridgehead atoms. The number of sulfone groups is 1. The van der Waals surface area contributed by atoms with Gasteiger partial charge in [-0.2, -0.15) is 0 Å². The van der Waals surface area contributed by atoms with E-state index >= 15 is 0 Å². The molecule has 0 aromatic carbocycles. The molecular formula is C12H19NO3S. The van der Waals surface area contributed by atoms with Gasteiger partial charge in [0.25, 0.3) is 0 Å². The second kappa shape index (κ2) is 4.44. The van der Waals surface area contributed by atoms with Crippen LogP contribution in [0.25, 0.3) is 0 Å². The molecule has 0 saturated carbocycles. The van der Waals surface area contributed by atoms with Crippen molar-refractivity contribution in [1.82, 2.24) is 5.32 Å². The largest absolute Gasteiger partial charge is 0.350 e. The molecule has 1 N–H and O–H groups in total. The molecule has 1 aliphatic carbocycles. The van der Waals surface area contributed by atoms with Gasteiger partial charge in [0.2, 0.25) is 5.91 Å². The van der Waals surface area contributed by atoms with Crippen molar-refractivity contribution in [1.29, 1.82) is 0 Å². The highest BCUT2D eigenvalue weighted by atomic mass is 32.2. The van der Waals surface area contributed by atoms with E-state index in [1.54, 1.807) is 0 Å². The number of allylic oxidation sites excluding steroid dienone is 2. The highest BCUT2D eigenvalue weighted by Gasteiger charge is 2.40. The maximum atomic E-state index is 12.0. The Hall–Kier alpha value is -0.840. The smallest absolute Gasteiger partial charge is 0.223 e. The highest BCUT2D eigenvalue weighted by molar-refractivity contribution is 7.91. The zero-order chi connectivity index (χ0) is 12.5. The SMILES string of the molecule is CC1(NC(=O)C2CC=CCC2)CCS(=O)(=O)C1. The normalized spacial score (nSPS) is 35.7. The molecule has 17 heavy (non-hydrogen) atoms. The lowest BCUT2D eigenvalue weighted by molar-refractivity contribution is -0.126. The van der Waals surface area contributed by atoms with Gasteiger partial charge in [0.05, 0.1) is 17.0 Å². The fraction of sp³-hybridized carbons (Fsp3) is 0.750. The van der Waals surface area contributed by atoms with Crippen molar-refractivity contribution in [2.45, 2.75) is 38.1 Å². The van der Waals surface area contributed by atoms with Crippen molar-refractivity contribution < 1.29 is 13.2 Å². The summed E-state index contributed by atoms with van der Waals surface area (Å²) in [6.45, 7) is 1.83. The van der Waals surface area contributed by atoms with E-state index in [9.17, 15) is 13.2 Å². The van der Waals surface area contributed by atoms with Gasteiger partial charge in [-0.1, -0.05) is 12.2 Å². The van der Waals surface area contributed by atoms with Crippen LogP contribution < -0.4 is 5.32 Å². The fourth-order valence-electron chi connectivity index (χ4n) is 2.54. The number of carbonyl (C=O) groups is 1. The first-order chi connectivity index (χ1) is 7.90. The van der Waals surface area contributed by atoms with Gasteiger partial charge in [0.15, 0.2) is 9.84 Å². The zero-order valence-electron chi connectivity index (χ0n) is 10.1. The summed E-state index contributed by atoms with van der Waals surface area (Å²) < 4.78 is 22.9. The maximum Gasteiger partial charge on any atom is 0.223 e. The second-order valence-corrected chi connectivity index (χ2v) is 7.56. The third-order valence-corrected chi connectivity index (χ3v) is 5.47. The quantitative estimate of drug-likeness (QED) is 0.752. The Morgan fingerprint density at radius 2 is 2.18 bits per heavy atom. The Balaban J connectivity index is 1.97. The summed E-state index contributed by atoms with van der Waals surface area (Å²) in [7, 11) is -2.96. The van der Waals surface area contributed by atoms with E-state index in [0.29, 0.717) is 6.42 Å². The first-order valence-electron chi connectivity index (χ1n) is 6.08. The van der Waals surface area contributed by atoms with Crippen molar-refractivity contribution in [3.8, 4) is 0 Å². The van der Waals surface area contributed by atoms with Crippen LogP contribution in [0.1, 0.15) is 32.6 Å².